The van der Waals surface area contributed by atoms with Crippen LogP contribution in [0.25, 0.3) is 0 Å². The number of urea groups is 1. The fourth-order valence-corrected chi connectivity index (χ4v) is 5.90. The van der Waals surface area contributed by atoms with E-state index in [9.17, 15) is 9.59 Å². The van der Waals surface area contributed by atoms with Gasteiger partial charge in [-0.2, -0.15) is 0 Å². The van der Waals surface area contributed by atoms with Gasteiger partial charge in [0.15, 0.2) is 5.76 Å². The third-order valence-corrected chi connectivity index (χ3v) is 7.52. The lowest BCUT2D eigenvalue weighted by Gasteiger charge is -2.44. The lowest BCUT2D eigenvalue weighted by atomic mass is 9.82. The predicted molar refractivity (Wildman–Crippen MR) is 126 cm³/mol. The van der Waals surface area contributed by atoms with Crippen LogP contribution in [0.3, 0.4) is 0 Å². The molecule has 0 N–H and O–H groups in total. The average Bonchev–Trinajstić information content (AvgIpc) is 3.42. The standard InChI is InChI=1S/C26H31N3O5/c1-5-29-25(31)28-16-18-14-19(32-3)15-21(33-4)23(18)17(2)13-22(28)26(29)8-10-27(11-9-26)24(30)20-7-6-12-34-20/h6-7,12-15,17H,5,8-11,16H2,1-4H3/t17-/m0/s1. The summed E-state index contributed by atoms with van der Waals surface area (Å²) in [6.45, 7) is 6.37. The lowest BCUT2D eigenvalue weighted by molar-refractivity contribution is 0.0547. The van der Waals surface area contributed by atoms with Gasteiger partial charge >= 0.3 is 6.03 Å². The fourth-order valence-electron chi connectivity index (χ4n) is 5.90. The van der Waals surface area contributed by atoms with Gasteiger partial charge in [-0.3, -0.25) is 9.69 Å². The maximum absolute atomic E-state index is 13.7. The Labute approximate surface area is 199 Å². The van der Waals surface area contributed by atoms with Crippen molar-refractivity contribution in [1.29, 1.82) is 0 Å². The first-order chi connectivity index (χ1) is 16.4. The topological polar surface area (TPSA) is 75.5 Å². The molecule has 3 aliphatic rings. The van der Waals surface area contributed by atoms with Crippen molar-refractivity contribution in [2.45, 2.75) is 44.7 Å². The number of benzene rings is 1. The van der Waals surface area contributed by atoms with Crippen LogP contribution in [0.15, 0.2) is 46.7 Å². The number of ether oxygens (including phenoxy) is 2. The van der Waals surface area contributed by atoms with Gasteiger partial charge in [0.2, 0.25) is 0 Å². The van der Waals surface area contributed by atoms with E-state index in [1.165, 1.54) is 6.26 Å². The highest BCUT2D eigenvalue weighted by atomic mass is 16.5. The molecule has 1 spiro atoms. The minimum absolute atomic E-state index is 0.0152. The monoisotopic (exact) mass is 465 g/mol. The number of hydrogen-bond acceptors (Lipinski definition) is 5. The van der Waals surface area contributed by atoms with Gasteiger partial charge in [0.05, 0.1) is 32.6 Å². The number of carbonyl (C=O) groups excluding carboxylic acids is 2. The zero-order valence-electron chi connectivity index (χ0n) is 20.2. The molecule has 1 aromatic heterocycles. The summed E-state index contributed by atoms with van der Waals surface area (Å²) in [4.78, 5) is 32.3. The van der Waals surface area contributed by atoms with E-state index in [2.05, 4.69) is 13.0 Å². The fraction of sp³-hybridized carbons (Fsp3) is 0.462. The van der Waals surface area contributed by atoms with Gasteiger partial charge in [-0.1, -0.05) is 13.0 Å². The number of furan rings is 1. The Hall–Kier alpha value is -3.42. The van der Waals surface area contributed by atoms with Crippen LogP contribution in [-0.2, 0) is 6.54 Å². The van der Waals surface area contributed by atoms with Crippen LogP contribution in [0.5, 0.6) is 11.5 Å². The van der Waals surface area contributed by atoms with Crippen molar-refractivity contribution in [3.05, 3.63) is 59.2 Å². The Morgan fingerprint density at radius 2 is 1.97 bits per heavy atom. The number of methoxy groups -OCH3 is 2. The Bertz CT molecular complexity index is 1130. The molecule has 34 heavy (non-hydrogen) atoms. The van der Waals surface area contributed by atoms with E-state index in [1.807, 2.05) is 33.8 Å². The summed E-state index contributed by atoms with van der Waals surface area (Å²) in [5.74, 6) is 1.79. The SMILES string of the molecule is CCN1C(=O)N2Cc3cc(OC)cc(OC)c3[C@@H](C)C=C2C12CCN(C(=O)c1ccco1)CC2. The summed E-state index contributed by atoms with van der Waals surface area (Å²) in [5, 5.41) is 0. The van der Waals surface area contributed by atoms with E-state index in [-0.39, 0.29) is 17.9 Å². The van der Waals surface area contributed by atoms with Crippen LogP contribution in [0.1, 0.15) is 54.3 Å². The van der Waals surface area contributed by atoms with Gasteiger partial charge in [0.25, 0.3) is 5.91 Å². The number of piperidine rings is 1. The number of hydrogen-bond donors (Lipinski definition) is 0. The second kappa shape index (κ2) is 8.42. The van der Waals surface area contributed by atoms with E-state index in [0.29, 0.717) is 50.5 Å². The minimum atomic E-state index is -0.431. The third-order valence-electron chi connectivity index (χ3n) is 7.52. The minimum Gasteiger partial charge on any atom is -0.497 e. The molecular weight excluding hydrogens is 434 g/mol. The zero-order chi connectivity index (χ0) is 24.0. The molecule has 0 unspecified atom stereocenters. The molecule has 0 radical (unpaired) electrons. The molecule has 0 aliphatic carbocycles. The molecule has 8 nitrogen and oxygen atoms in total. The molecule has 3 amide bonds. The molecular formula is C26H31N3O5. The maximum Gasteiger partial charge on any atom is 0.325 e. The summed E-state index contributed by atoms with van der Waals surface area (Å²) in [6.07, 6.45) is 5.11. The molecule has 2 saturated heterocycles. The molecule has 4 heterocycles. The van der Waals surface area contributed by atoms with Crippen LogP contribution < -0.4 is 9.47 Å². The third kappa shape index (κ3) is 3.27. The van der Waals surface area contributed by atoms with E-state index in [1.54, 1.807) is 26.4 Å². The van der Waals surface area contributed by atoms with Crippen LogP contribution in [0.2, 0.25) is 0 Å². The van der Waals surface area contributed by atoms with Gasteiger partial charge in [0.1, 0.15) is 11.5 Å². The Kier molecular flexibility index (Phi) is 5.54. The van der Waals surface area contributed by atoms with E-state index < -0.39 is 5.54 Å². The van der Waals surface area contributed by atoms with E-state index in [4.69, 9.17) is 13.9 Å². The average molecular weight is 466 g/mol. The molecule has 0 saturated carbocycles. The first-order valence-corrected chi connectivity index (χ1v) is 11.8. The highest BCUT2D eigenvalue weighted by Crippen LogP contribution is 2.49. The Morgan fingerprint density at radius 1 is 1.21 bits per heavy atom. The first-order valence-electron chi connectivity index (χ1n) is 11.8. The van der Waals surface area contributed by atoms with Crippen molar-refractivity contribution in [2.75, 3.05) is 33.9 Å². The normalized spacial score (nSPS) is 21.2. The second-order valence-electron chi connectivity index (χ2n) is 9.16. The molecule has 0 bridgehead atoms. The number of rotatable bonds is 4. The van der Waals surface area contributed by atoms with Crippen molar-refractivity contribution in [3.63, 3.8) is 0 Å². The number of allylic oxidation sites excluding steroid dienone is 1. The van der Waals surface area contributed by atoms with Crippen LogP contribution in [0, 0.1) is 0 Å². The predicted octanol–water partition coefficient (Wildman–Crippen LogP) is 4.23. The number of fused-ring (bicyclic) bond motifs is 3. The van der Waals surface area contributed by atoms with Gasteiger partial charge in [0, 0.05) is 42.9 Å². The molecule has 180 valence electrons. The quantitative estimate of drug-likeness (QED) is 0.676. The smallest absolute Gasteiger partial charge is 0.325 e. The maximum atomic E-state index is 13.7. The molecule has 8 heteroatoms. The Morgan fingerprint density at radius 3 is 2.59 bits per heavy atom. The highest BCUT2D eigenvalue weighted by Gasteiger charge is 2.55. The van der Waals surface area contributed by atoms with Crippen LogP contribution in [-0.4, -0.2) is 66.0 Å². The summed E-state index contributed by atoms with van der Waals surface area (Å²) >= 11 is 0. The van der Waals surface area contributed by atoms with Crippen LogP contribution >= 0.6 is 0 Å². The first kappa shape index (κ1) is 22.4. The second-order valence-corrected chi connectivity index (χ2v) is 9.16. The molecule has 2 fully saturated rings. The van der Waals surface area contributed by atoms with E-state index >= 15 is 0 Å². The number of likely N-dealkylation sites (N-methyl/N-ethyl adjacent to an activating group) is 1. The summed E-state index contributed by atoms with van der Waals surface area (Å²) in [6, 6.07) is 7.34. The van der Waals surface area contributed by atoms with Crippen molar-refractivity contribution >= 4 is 11.9 Å². The molecule has 1 aromatic carbocycles. The molecule has 1 atom stereocenters. The zero-order valence-corrected chi connectivity index (χ0v) is 20.2. The van der Waals surface area contributed by atoms with Crippen molar-refractivity contribution in [3.8, 4) is 11.5 Å². The lowest BCUT2D eigenvalue weighted by Crippen LogP contribution is -2.54. The molecule has 5 rings (SSSR count). The van der Waals surface area contributed by atoms with Gasteiger partial charge in [-0.15, -0.1) is 0 Å². The number of likely N-dealkylation sites (tertiary alicyclic amines) is 1. The number of carbonyl (C=O) groups is 2. The Balaban J connectivity index is 1.51. The van der Waals surface area contributed by atoms with Gasteiger partial charge in [-0.25, -0.2) is 4.79 Å². The van der Waals surface area contributed by atoms with Crippen molar-refractivity contribution in [2.24, 2.45) is 0 Å². The summed E-state index contributed by atoms with van der Waals surface area (Å²) in [7, 11) is 3.30. The number of amides is 3. The van der Waals surface area contributed by atoms with Gasteiger partial charge in [-0.05, 0) is 43.5 Å². The van der Waals surface area contributed by atoms with Gasteiger partial charge < -0.3 is 23.7 Å². The summed E-state index contributed by atoms with van der Waals surface area (Å²) in [5.41, 5.74) is 2.72. The van der Waals surface area contributed by atoms with E-state index in [0.717, 1.165) is 22.6 Å². The number of nitrogens with zero attached hydrogens (tertiary/aromatic N) is 3. The van der Waals surface area contributed by atoms with Crippen molar-refractivity contribution in [1.82, 2.24) is 14.7 Å². The largest absolute Gasteiger partial charge is 0.497 e. The van der Waals surface area contributed by atoms with Crippen LogP contribution in [0.4, 0.5) is 4.79 Å². The summed E-state index contributed by atoms with van der Waals surface area (Å²) < 4.78 is 16.5. The molecule has 3 aliphatic heterocycles. The highest BCUT2D eigenvalue weighted by molar-refractivity contribution is 5.91. The van der Waals surface area contributed by atoms with Crippen molar-refractivity contribution < 1.29 is 23.5 Å². The molecule has 2 aromatic rings.